The van der Waals surface area contributed by atoms with Crippen molar-refractivity contribution in [2.75, 3.05) is 32.3 Å². The molecule has 7 nitrogen and oxygen atoms in total. The molecule has 4 atom stereocenters. The lowest BCUT2D eigenvalue weighted by Crippen LogP contribution is -2.43. The van der Waals surface area contributed by atoms with Crippen LogP contribution in [0.5, 0.6) is 17.2 Å². The van der Waals surface area contributed by atoms with Crippen LogP contribution < -0.4 is 19.1 Å². The topological polar surface area (TPSA) is 74.3 Å². The summed E-state index contributed by atoms with van der Waals surface area (Å²) in [6.07, 6.45) is 8.38. The Balaban J connectivity index is 1.33. The van der Waals surface area contributed by atoms with Crippen molar-refractivity contribution in [3.63, 3.8) is 0 Å². The number of anilines is 1. The molecular weight excluding hydrogens is 675 g/mol. The molecule has 54 heavy (non-hydrogen) atoms. The number of ether oxygens (including phenoxy) is 4. The van der Waals surface area contributed by atoms with Crippen LogP contribution in [-0.2, 0) is 20.5 Å². The van der Waals surface area contributed by atoms with Gasteiger partial charge in [0.05, 0.1) is 26.4 Å². The van der Waals surface area contributed by atoms with Gasteiger partial charge in [-0.05, 0) is 102 Å². The summed E-state index contributed by atoms with van der Waals surface area (Å²) in [6.45, 7) is 7.62. The van der Waals surface area contributed by atoms with Gasteiger partial charge in [0.2, 0.25) is 5.91 Å². The van der Waals surface area contributed by atoms with Crippen molar-refractivity contribution in [1.29, 1.82) is 0 Å². The number of hydrogen-bond acceptors (Lipinski definition) is 6. The number of rotatable bonds is 8. The minimum absolute atomic E-state index is 0.142. The van der Waals surface area contributed by atoms with E-state index in [4.69, 9.17) is 18.9 Å². The maximum atomic E-state index is 13.2. The molecule has 4 aliphatic rings. The first-order chi connectivity index (χ1) is 26.2. The van der Waals surface area contributed by atoms with Crippen LogP contribution in [0.4, 0.5) is 5.69 Å². The van der Waals surface area contributed by atoms with E-state index < -0.39 is 11.0 Å². The largest absolute Gasteiger partial charge is 0.493 e. The molecule has 0 spiro atoms. The van der Waals surface area contributed by atoms with E-state index in [1.807, 2.05) is 54.3 Å². The normalized spacial score (nSPS) is 23.6. The van der Waals surface area contributed by atoms with Crippen LogP contribution in [0.1, 0.15) is 84.6 Å². The summed E-state index contributed by atoms with van der Waals surface area (Å²) >= 11 is 0. The highest BCUT2D eigenvalue weighted by Gasteiger charge is 2.51. The van der Waals surface area contributed by atoms with Crippen molar-refractivity contribution in [2.45, 2.75) is 57.5 Å². The molecule has 1 saturated carbocycles. The van der Waals surface area contributed by atoms with E-state index in [0.29, 0.717) is 41.9 Å². The lowest BCUT2D eigenvalue weighted by molar-refractivity contribution is -0.122. The molecule has 2 aliphatic heterocycles. The maximum Gasteiger partial charge on any atom is 0.338 e. The molecule has 5 aromatic carbocycles. The molecular formula is C47H45NO6. The maximum absolute atomic E-state index is 13.2. The third-order valence-electron chi connectivity index (χ3n) is 12.6. The summed E-state index contributed by atoms with van der Waals surface area (Å²) in [5, 5.41) is 1.92. The number of methoxy groups -OCH3 is 2. The van der Waals surface area contributed by atoms with E-state index >= 15 is 0 Å². The molecule has 2 aliphatic carbocycles. The Bertz CT molecular complexity index is 2360. The zero-order valence-corrected chi connectivity index (χ0v) is 31.5. The number of nitrogens with zero attached hydrogens (tertiary/aromatic N) is 1. The minimum Gasteiger partial charge on any atom is -0.493 e. The van der Waals surface area contributed by atoms with Gasteiger partial charge in [0, 0.05) is 46.1 Å². The average molecular weight is 720 g/mol. The van der Waals surface area contributed by atoms with E-state index in [9.17, 15) is 9.59 Å². The van der Waals surface area contributed by atoms with Gasteiger partial charge in [0.1, 0.15) is 5.75 Å². The zero-order valence-electron chi connectivity index (χ0n) is 31.5. The van der Waals surface area contributed by atoms with Gasteiger partial charge in [-0.3, -0.25) is 4.79 Å². The number of hydrogen-bond donors (Lipinski definition) is 0. The van der Waals surface area contributed by atoms with E-state index in [-0.39, 0.29) is 11.9 Å². The second-order valence-corrected chi connectivity index (χ2v) is 15.4. The molecule has 2 heterocycles. The first-order valence-electron chi connectivity index (χ1n) is 19.1. The zero-order chi connectivity index (χ0) is 37.4. The molecule has 2 fully saturated rings. The third-order valence-corrected chi connectivity index (χ3v) is 12.6. The molecule has 1 amide bonds. The Kier molecular flexibility index (Phi) is 8.11. The number of β-lactam (4-membered cyclic amide) rings is 1. The lowest BCUT2D eigenvalue weighted by atomic mass is 9.66. The lowest BCUT2D eigenvalue weighted by Gasteiger charge is -2.40. The standard InChI is InChI=1S/C47H45NO6/c1-6-53-45(50)29-13-19-34-38(25-29)46(3,32-14-12-28(2)24-32)43-35-20-22-47(30-10-8-7-9-11-30,31-15-17-33(18-16-31)48-23-21-41(48)49)54-44(35)37-27-40(52-5)39(51-4)26-36(37)42(34)43/h7-11,13,15-20,22,25-28,32H,6,12,14,21,23-24H2,1-5H3. The Hall–Kier alpha value is -5.56. The quantitative estimate of drug-likeness (QED) is 0.117. The minimum atomic E-state index is -0.971. The van der Waals surface area contributed by atoms with Crippen molar-refractivity contribution in [2.24, 2.45) is 11.8 Å². The van der Waals surface area contributed by atoms with E-state index in [1.54, 1.807) is 14.2 Å². The van der Waals surface area contributed by atoms with Crippen LogP contribution >= 0.6 is 0 Å². The van der Waals surface area contributed by atoms with Gasteiger partial charge >= 0.3 is 5.97 Å². The van der Waals surface area contributed by atoms with Crippen LogP contribution in [-0.4, -0.2) is 39.2 Å². The predicted octanol–water partition coefficient (Wildman–Crippen LogP) is 9.84. The molecule has 274 valence electrons. The van der Waals surface area contributed by atoms with E-state index in [0.717, 1.165) is 81.4 Å². The van der Waals surface area contributed by atoms with Crippen LogP contribution in [0, 0.1) is 11.8 Å². The number of carbonyl (C=O) groups is 2. The van der Waals surface area contributed by atoms with Gasteiger partial charge < -0.3 is 23.8 Å². The molecule has 0 radical (unpaired) electrons. The summed E-state index contributed by atoms with van der Waals surface area (Å²) < 4.78 is 25.0. The Morgan fingerprint density at radius 2 is 1.63 bits per heavy atom. The Morgan fingerprint density at radius 1 is 0.907 bits per heavy atom. The fourth-order valence-corrected chi connectivity index (χ4v) is 9.75. The highest BCUT2D eigenvalue weighted by Crippen LogP contribution is 2.63. The van der Waals surface area contributed by atoms with Gasteiger partial charge in [-0.25, -0.2) is 4.79 Å². The molecule has 4 unspecified atom stereocenters. The highest BCUT2D eigenvalue weighted by atomic mass is 16.5. The van der Waals surface area contributed by atoms with Gasteiger partial charge in [0.25, 0.3) is 0 Å². The van der Waals surface area contributed by atoms with Crippen LogP contribution in [0.3, 0.4) is 0 Å². The average Bonchev–Trinajstić information content (AvgIpc) is 3.76. The summed E-state index contributed by atoms with van der Waals surface area (Å²) in [5.74, 6) is 2.80. The van der Waals surface area contributed by atoms with Crippen LogP contribution in [0.15, 0.2) is 91.0 Å². The highest BCUT2D eigenvalue weighted by molar-refractivity contribution is 6.10. The second-order valence-electron chi connectivity index (χ2n) is 15.4. The smallest absolute Gasteiger partial charge is 0.338 e. The van der Waals surface area contributed by atoms with Crippen LogP contribution in [0.25, 0.3) is 28.0 Å². The Morgan fingerprint density at radius 3 is 2.26 bits per heavy atom. The van der Waals surface area contributed by atoms with Gasteiger partial charge in [-0.15, -0.1) is 0 Å². The number of amides is 1. The second kappa shape index (κ2) is 12.8. The van der Waals surface area contributed by atoms with Gasteiger partial charge in [-0.2, -0.15) is 0 Å². The van der Waals surface area contributed by atoms with Crippen molar-refractivity contribution < 1.29 is 28.5 Å². The number of fused-ring (bicyclic) bond motifs is 8. The van der Waals surface area contributed by atoms with E-state index in [2.05, 4.69) is 68.5 Å². The summed E-state index contributed by atoms with van der Waals surface area (Å²) in [7, 11) is 3.33. The first-order valence-corrected chi connectivity index (χ1v) is 19.1. The Labute approximate surface area is 316 Å². The molecule has 5 aromatic rings. The fraction of sp³-hybridized carbons (Fsp3) is 0.319. The third kappa shape index (κ3) is 4.93. The summed E-state index contributed by atoms with van der Waals surface area (Å²) in [6, 6.07) is 28.8. The van der Waals surface area contributed by atoms with Crippen molar-refractivity contribution >= 4 is 34.4 Å². The van der Waals surface area contributed by atoms with Crippen LogP contribution in [0.2, 0.25) is 0 Å². The molecule has 1 saturated heterocycles. The van der Waals surface area contributed by atoms with Crippen molar-refractivity contribution in [1.82, 2.24) is 0 Å². The number of carbonyl (C=O) groups excluding carboxylic acids is 2. The number of esters is 1. The number of benzene rings is 5. The molecule has 9 rings (SSSR count). The summed E-state index contributed by atoms with van der Waals surface area (Å²) in [5.41, 5.74) is 7.67. The summed E-state index contributed by atoms with van der Waals surface area (Å²) in [4.78, 5) is 27.4. The molecule has 0 N–H and O–H groups in total. The predicted molar refractivity (Wildman–Crippen MR) is 212 cm³/mol. The SMILES string of the molecule is CCOC(=O)c1ccc2c(c1)C(C)(C1CCC(C)C1)c1c3c(c4cc(OC)c(OC)cc4c1-2)OC(c1ccccc1)(c1ccc(N2CCC2=O)cc1)C=C3. The van der Waals surface area contributed by atoms with Gasteiger partial charge in [-0.1, -0.05) is 74.9 Å². The molecule has 7 heteroatoms. The van der Waals surface area contributed by atoms with Crippen molar-refractivity contribution in [3.05, 3.63) is 124 Å². The monoisotopic (exact) mass is 719 g/mol. The van der Waals surface area contributed by atoms with Crippen molar-refractivity contribution in [3.8, 4) is 28.4 Å². The van der Waals surface area contributed by atoms with E-state index in [1.165, 1.54) is 5.56 Å². The van der Waals surface area contributed by atoms with Gasteiger partial charge in [0.15, 0.2) is 17.1 Å². The molecule has 0 aromatic heterocycles. The fourth-order valence-electron chi connectivity index (χ4n) is 9.75. The first kappa shape index (κ1) is 34.2. The molecule has 0 bridgehead atoms.